The summed E-state index contributed by atoms with van der Waals surface area (Å²) in [6, 6.07) is 8.61. The van der Waals surface area contributed by atoms with Gasteiger partial charge in [0, 0.05) is 0 Å². The molecule has 1 aliphatic carbocycles. The summed E-state index contributed by atoms with van der Waals surface area (Å²) in [6.07, 6.45) is 2.20. The Hall–Kier alpha value is -1.30. The minimum absolute atomic E-state index is 1.39. The molecule has 66 valence electrons. The van der Waals surface area contributed by atoms with E-state index in [2.05, 4.69) is 51.1 Å². The highest BCUT2D eigenvalue weighted by molar-refractivity contribution is 5.98. The highest BCUT2D eigenvalue weighted by Gasteiger charge is 2.18. The maximum atomic E-state index is 2.20. The molecule has 0 fully saturated rings. The van der Waals surface area contributed by atoms with Crippen molar-refractivity contribution in [3.05, 3.63) is 47.0 Å². The third-order valence-corrected chi connectivity index (χ3v) is 2.88. The van der Waals surface area contributed by atoms with Crippen molar-refractivity contribution in [2.45, 2.75) is 20.8 Å². The molecule has 0 radical (unpaired) electrons. The topological polar surface area (TPSA) is 0 Å². The highest BCUT2D eigenvalue weighted by atomic mass is 14.2. The molecule has 0 heterocycles. The van der Waals surface area contributed by atoms with Gasteiger partial charge in [-0.25, -0.2) is 0 Å². The van der Waals surface area contributed by atoms with Gasteiger partial charge < -0.3 is 0 Å². The Bertz CT molecular complexity index is 406. The third kappa shape index (κ3) is 1.06. The fourth-order valence-electron chi connectivity index (χ4n) is 2.02. The highest BCUT2D eigenvalue weighted by Crippen LogP contribution is 2.40. The molecular weight excluding hydrogens is 156 g/mol. The zero-order valence-electron chi connectivity index (χ0n) is 8.39. The van der Waals surface area contributed by atoms with E-state index in [1.165, 1.54) is 27.8 Å². The van der Waals surface area contributed by atoms with Crippen LogP contribution in [0.25, 0.3) is 11.1 Å². The zero-order chi connectivity index (χ0) is 9.42. The van der Waals surface area contributed by atoms with E-state index in [-0.39, 0.29) is 0 Å². The third-order valence-electron chi connectivity index (χ3n) is 2.88. The molecule has 1 aliphatic rings. The zero-order valence-corrected chi connectivity index (χ0v) is 8.39. The normalized spacial score (nSPS) is 18.2. The molecule has 13 heavy (non-hydrogen) atoms. The van der Waals surface area contributed by atoms with Gasteiger partial charge in [-0.2, -0.15) is 0 Å². The van der Waals surface area contributed by atoms with E-state index >= 15 is 0 Å². The Morgan fingerprint density at radius 3 is 2.15 bits per heavy atom. The lowest BCUT2D eigenvalue weighted by Gasteiger charge is -2.00. The average Bonchev–Trinajstić information content (AvgIpc) is 2.41. The van der Waals surface area contributed by atoms with E-state index in [1.54, 1.807) is 0 Å². The summed E-state index contributed by atoms with van der Waals surface area (Å²) >= 11 is 0. The Kier molecular flexibility index (Phi) is 1.84. The standard InChI is InChI=1S/C13H14/c1-4-11-9(2)10(3)12-7-5-6-8-13(11)12/h4-8H,1-3H3/b11-4+. The molecular formula is C13H14. The van der Waals surface area contributed by atoms with E-state index in [0.717, 1.165) is 0 Å². The van der Waals surface area contributed by atoms with Crippen LogP contribution < -0.4 is 0 Å². The first-order chi connectivity index (χ1) is 6.25. The lowest BCUT2D eigenvalue weighted by Crippen LogP contribution is -1.80. The molecule has 0 N–H and O–H groups in total. The fourth-order valence-corrected chi connectivity index (χ4v) is 2.02. The van der Waals surface area contributed by atoms with Crippen LogP contribution >= 0.6 is 0 Å². The van der Waals surface area contributed by atoms with Crippen molar-refractivity contribution >= 4 is 11.1 Å². The molecule has 0 unspecified atom stereocenters. The minimum atomic E-state index is 1.39. The largest absolute Gasteiger partial charge is 0.0795 e. The molecule has 0 nitrogen and oxygen atoms in total. The Balaban J connectivity index is 2.73. The number of hydrogen-bond donors (Lipinski definition) is 0. The fraction of sp³-hybridized carbons (Fsp3) is 0.231. The minimum Gasteiger partial charge on any atom is -0.0795 e. The van der Waals surface area contributed by atoms with Crippen LogP contribution in [0.5, 0.6) is 0 Å². The van der Waals surface area contributed by atoms with Gasteiger partial charge in [0.2, 0.25) is 0 Å². The Morgan fingerprint density at radius 2 is 1.54 bits per heavy atom. The lowest BCUT2D eigenvalue weighted by molar-refractivity contribution is 1.54. The van der Waals surface area contributed by atoms with Crippen molar-refractivity contribution in [3.8, 4) is 0 Å². The van der Waals surface area contributed by atoms with Crippen molar-refractivity contribution in [2.24, 2.45) is 0 Å². The van der Waals surface area contributed by atoms with Crippen LogP contribution in [0.4, 0.5) is 0 Å². The number of benzene rings is 1. The Labute approximate surface area is 79.6 Å². The van der Waals surface area contributed by atoms with Crippen LogP contribution in [0.2, 0.25) is 0 Å². The van der Waals surface area contributed by atoms with Crippen molar-refractivity contribution in [3.63, 3.8) is 0 Å². The van der Waals surface area contributed by atoms with Crippen molar-refractivity contribution in [1.82, 2.24) is 0 Å². The molecule has 0 atom stereocenters. The number of hydrogen-bond acceptors (Lipinski definition) is 0. The molecule has 0 bridgehead atoms. The number of allylic oxidation sites excluding steroid dienone is 4. The molecule has 0 heteroatoms. The first kappa shape index (κ1) is 8.31. The number of fused-ring (bicyclic) bond motifs is 1. The molecule has 0 amide bonds. The predicted molar refractivity (Wildman–Crippen MR) is 58.4 cm³/mol. The lowest BCUT2D eigenvalue weighted by atomic mass is 10.0. The van der Waals surface area contributed by atoms with E-state index < -0.39 is 0 Å². The predicted octanol–water partition coefficient (Wildman–Crippen LogP) is 3.90. The molecule has 1 aromatic carbocycles. The van der Waals surface area contributed by atoms with Gasteiger partial charge in [-0.3, -0.25) is 0 Å². The van der Waals surface area contributed by atoms with E-state index in [9.17, 15) is 0 Å². The van der Waals surface area contributed by atoms with Crippen LogP contribution in [0.15, 0.2) is 35.9 Å². The first-order valence-electron chi connectivity index (χ1n) is 4.69. The first-order valence-corrected chi connectivity index (χ1v) is 4.69. The van der Waals surface area contributed by atoms with Crippen molar-refractivity contribution in [1.29, 1.82) is 0 Å². The molecule has 1 aromatic rings. The van der Waals surface area contributed by atoms with Crippen molar-refractivity contribution in [2.75, 3.05) is 0 Å². The summed E-state index contributed by atoms with van der Waals surface area (Å²) in [5.41, 5.74) is 7.02. The summed E-state index contributed by atoms with van der Waals surface area (Å²) in [5.74, 6) is 0. The second-order valence-corrected chi connectivity index (χ2v) is 3.50. The van der Waals surface area contributed by atoms with Gasteiger partial charge in [-0.15, -0.1) is 0 Å². The summed E-state index contributed by atoms with van der Waals surface area (Å²) in [5, 5.41) is 0. The monoisotopic (exact) mass is 170 g/mol. The van der Waals surface area contributed by atoms with Crippen molar-refractivity contribution < 1.29 is 0 Å². The smallest absolute Gasteiger partial charge is 0.0109 e. The van der Waals surface area contributed by atoms with Gasteiger partial charge in [0.1, 0.15) is 0 Å². The molecule has 0 saturated heterocycles. The molecule has 0 aliphatic heterocycles. The summed E-state index contributed by atoms with van der Waals surface area (Å²) < 4.78 is 0. The molecule has 0 aromatic heterocycles. The maximum Gasteiger partial charge on any atom is -0.0109 e. The van der Waals surface area contributed by atoms with Crippen LogP contribution in [-0.2, 0) is 0 Å². The SMILES string of the molecule is C/C=C1\C(C)=C(C)c2ccccc21. The van der Waals surface area contributed by atoms with Crippen LogP contribution in [0.3, 0.4) is 0 Å². The van der Waals surface area contributed by atoms with Gasteiger partial charge in [0.25, 0.3) is 0 Å². The maximum absolute atomic E-state index is 2.20. The van der Waals surface area contributed by atoms with Crippen LogP contribution in [-0.4, -0.2) is 0 Å². The van der Waals surface area contributed by atoms with E-state index in [4.69, 9.17) is 0 Å². The Morgan fingerprint density at radius 1 is 0.923 bits per heavy atom. The van der Waals surface area contributed by atoms with Gasteiger partial charge in [-0.1, -0.05) is 30.3 Å². The van der Waals surface area contributed by atoms with Gasteiger partial charge in [0.05, 0.1) is 0 Å². The molecule has 0 spiro atoms. The molecule has 0 saturated carbocycles. The van der Waals surface area contributed by atoms with Crippen LogP contribution in [0, 0.1) is 0 Å². The summed E-state index contributed by atoms with van der Waals surface area (Å²) in [6.45, 7) is 6.50. The second-order valence-electron chi connectivity index (χ2n) is 3.50. The van der Waals surface area contributed by atoms with E-state index in [1.807, 2.05) is 0 Å². The second kappa shape index (κ2) is 2.88. The summed E-state index contributed by atoms with van der Waals surface area (Å²) in [4.78, 5) is 0. The number of rotatable bonds is 0. The average molecular weight is 170 g/mol. The van der Waals surface area contributed by atoms with Gasteiger partial charge in [-0.05, 0) is 48.6 Å². The summed E-state index contributed by atoms with van der Waals surface area (Å²) in [7, 11) is 0. The van der Waals surface area contributed by atoms with Crippen LogP contribution in [0.1, 0.15) is 31.9 Å². The van der Waals surface area contributed by atoms with Gasteiger partial charge in [0.15, 0.2) is 0 Å². The van der Waals surface area contributed by atoms with E-state index in [0.29, 0.717) is 0 Å². The van der Waals surface area contributed by atoms with Gasteiger partial charge >= 0.3 is 0 Å². The quantitative estimate of drug-likeness (QED) is 0.554. The molecule has 2 rings (SSSR count).